The van der Waals surface area contributed by atoms with Crippen LogP contribution in [0.2, 0.25) is 0 Å². The normalized spacial score (nSPS) is 14.2. The summed E-state index contributed by atoms with van der Waals surface area (Å²) in [7, 11) is -2.16. The summed E-state index contributed by atoms with van der Waals surface area (Å²) in [6, 6.07) is 0. The van der Waals surface area contributed by atoms with Crippen LogP contribution in [0.15, 0.2) is 0 Å². The van der Waals surface area contributed by atoms with Gasteiger partial charge in [-0.15, -0.1) is 0 Å². The van der Waals surface area contributed by atoms with Gasteiger partial charge in [-0.05, 0) is 60.8 Å². The van der Waals surface area contributed by atoms with E-state index in [1.54, 1.807) is 0 Å². The Kier molecular flexibility index (Phi) is 7.24. The SMILES string of the molecule is CCC(C)(C)O[SiH](OC(C)(C)CC)OC(C)(C)CC. The highest BCUT2D eigenvalue weighted by Crippen LogP contribution is 2.25. The topological polar surface area (TPSA) is 27.7 Å². The molecule has 0 atom stereocenters. The first kappa shape index (κ1) is 19.1. The quantitative estimate of drug-likeness (QED) is 0.592. The van der Waals surface area contributed by atoms with Crippen LogP contribution in [0.4, 0.5) is 0 Å². The maximum Gasteiger partial charge on any atom is 0.485 e. The minimum absolute atomic E-state index is 0.190. The summed E-state index contributed by atoms with van der Waals surface area (Å²) in [4.78, 5) is 0. The van der Waals surface area contributed by atoms with Gasteiger partial charge in [0.2, 0.25) is 0 Å². The monoisotopic (exact) mass is 290 g/mol. The Morgan fingerprint density at radius 2 is 0.789 bits per heavy atom. The van der Waals surface area contributed by atoms with E-state index < -0.39 is 9.53 Å². The van der Waals surface area contributed by atoms with E-state index in [0.29, 0.717) is 0 Å². The number of hydrogen-bond acceptors (Lipinski definition) is 3. The summed E-state index contributed by atoms with van der Waals surface area (Å²) in [6.45, 7) is 18.9. The molecule has 0 aromatic heterocycles. The van der Waals surface area contributed by atoms with Crippen LogP contribution in [0.1, 0.15) is 81.6 Å². The standard InChI is InChI=1S/C15H34O3Si/c1-10-13(4,5)16-19(17-14(6,7)11-2)18-15(8,9)12-3/h19H,10-12H2,1-9H3. The van der Waals surface area contributed by atoms with E-state index in [-0.39, 0.29) is 16.8 Å². The maximum absolute atomic E-state index is 6.16. The molecule has 4 heteroatoms. The third-order valence-corrected chi connectivity index (χ3v) is 6.29. The molecule has 0 saturated heterocycles. The van der Waals surface area contributed by atoms with Crippen molar-refractivity contribution in [1.82, 2.24) is 0 Å². The van der Waals surface area contributed by atoms with Crippen molar-refractivity contribution in [3.8, 4) is 0 Å². The molecule has 0 aliphatic rings. The average Bonchev–Trinajstić information content (AvgIpc) is 2.27. The first-order valence-corrected chi connectivity index (χ1v) is 8.92. The van der Waals surface area contributed by atoms with Gasteiger partial charge >= 0.3 is 9.53 Å². The Labute approximate surface area is 122 Å². The second kappa shape index (κ2) is 7.20. The van der Waals surface area contributed by atoms with E-state index in [4.69, 9.17) is 13.3 Å². The van der Waals surface area contributed by atoms with Crippen LogP contribution in [0.3, 0.4) is 0 Å². The summed E-state index contributed by atoms with van der Waals surface area (Å²) >= 11 is 0. The highest BCUT2D eigenvalue weighted by molar-refractivity contribution is 6.36. The molecule has 0 aliphatic heterocycles. The maximum atomic E-state index is 6.16. The molecule has 0 N–H and O–H groups in total. The lowest BCUT2D eigenvalue weighted by Gasteiger charge is -2.37. The predicted octanol–water partition coefficient (Wildman–Crippen LogP) is 4.32. The van der Waals surface area contributed by atoms with Gasteiger partial charge in [0.25, 0.3) is 0 Å². The molecule has 0 rings (SSSR count). The van der Waals surface area contributed by atoms with Crippen molar-refractivity contribution < 1.29 is 13.3 Å². The Morgan fingerprint density at radius 1 is 0.579 bits per heavy atom. The first-order valence-electron chi connectivity index (χ1n) is 7.50. The van der Waals surface area contributed by atoms with Gasteiger partial charge in [0, 0.05) is 0 Å². The third kappa shape index (κ3) is 8.08. The summed E-state index contributed by atoms with van der Waals surface area (Å²) < 4.78 is 18.5. The number of hydrogen-bond donors (Lipinski definition) is 0. The molecule has 3 nitrogen and oxygen atoms in total. The third-order valence-electron chi connectivity index (χ3n) is 3.80. The van der Waals surface area contributed by atoms with Crippen molar-refractivity contribution in [2.24, 2.45) is 0 Å². The van der Waals surface area contributed by atoms with Crippen LogP contribution < -0.4 is 0 Å². The van der Waals surface area contributed by atoms with E-state index >= 15 is 0 Å². The van der Waals surface area contributed by atoms with Crippen LogP contribution in [0.25, 0.3) is 0 Å². The van der Waals surface area contributed by atoms with Gasteiger partial charge in [-0.3, -0.25) is 0 Å². The molecule has 116 valence electrons. The fourth-order valence-electron chi connectivity index (χ4n) is 1.10. The Hall–Kier alpha value is 0.0969. The second-order valence-electron chi connectivity index (χ2n) is 6.98. The molecule has 0 saturated carbocycles. The fourth-order valence-corrected chi connectivity index (χ4v) is 3.31. The van der Waals surface area contributed by atoms with Crippen molar-refractivity contribution in [3.05, 3.63) is 0 Å². The van der Waals surface area contributed by atoms with E-state index in [1.165, 1.54) is 0 Å². The zero-order valence-electron chi connectivity index (χ0n) is 14.4. The molecule has 19 heavy (non-hydrogen) atoms. The van der Waals surface area contributed by atoms with Crippen LogP contribution in [-0.2, 0) is 13.3 Å². The molecular weight excluding hydrogens is 256 g/mol. The van der Waals surface area contributed by atoms with Gasteiger partial charge in [0.15, 0.2) is 0 Å². The molecule has 0 radical (unpaired) electrons. The zero-order valence-corrected chi connectivity index (χ0v) is 15.6. The molecule has 0 aliphatic carbocycles. The molecule has 0 bridgehead atoms. The van der Waals surface area contributed by atoms with Gasteiger partial charge in [-0.1, -0.05) is 20.8 Å². The van der Waals surface area contributed by atoms with E-state index in [9.17, 15) is 0 Å². The smallest absolute Gasteiger partial charge is 0.371 e. The lowest BCUT2D eigenvalue weighted by atomic mass is 10.1. The van der Waals surface area contributed by atoms with Gasteiger partial charge in [0.05, 0.1) is 16.8 Å². The van der Waals surface area contributed by atoms with E-state index in [2.05, 4.69) is 62.3 Å². The Morgan fingerprint density at radius 3 is 0.947 bits per heavy atom. The minimum atomic E-state index is -2.16. The van der Waals surface area contributed by atoms with Crippen molar-refractivity contribution in [2.45, 2.75) is 98.4 Å². The Balaban J connectivity index is 4.84. The highest BCUT2D eigenvalue weighted by Gasteiger charge is 2.35. The van der Waals surface area contributed by atoms with Crippen LogP contribution in [-0.4, -0.2) is 26.3 Å². The molecule has 0 aromatic rings. The molecule has 0 spiro atoms. The van der Waals surface area contributed by atoms with Crippen LogP contribution in [0.5, 0.6) is 0 Å². The lowest BCUT2D eigenvalue weighted by molar-refractivity contribution is -0.0670. The first-order chi connectivity index (χ1) is 8.47. The molecule has 0 fully saturated rings. The summed E-state index contributed by atoms with van der Waals surface area (Å²) in [6.07, 6.45) is 2.84. The molecule has 0 unspecified atom stereocenters. The Bertz CT molecular complexity index is 219. The minimum Gasteiger partial charge on any atom is -0.371 e. The highest BCUT2D eigenvalue weighted by atomic mass is 28.3. The van der Waals surface area contributed by atoms with Crippen molar-refractivity contribution >= 4 is 9.53 Å². The van der Waals surface area contributed by atoms with Crippen LogP contribution >= 0.6 is 0 Å². The summed E-state index contributed by atoms with van der Waals surface area (Å²) in [5, 5.41) is 0. The molecule has 0 heterocycles. The largest absolute Gasteiger partial charge is 0.485 e. The van der Waals surface area contributed by atoms with Gasteiger partial charge in [-0.2, -0.15) is 0 Å². The van der Waals surface area contributed by atoms with Gasteiger partial charge in [0.1, 0.15) is 0 Å². The van der Waals surface area contributed by atoms with Gasteiger partial charge in [-0.25, -0.2) is 0 Å². The van der Waals surface area contributed by atoms with E-state index in [0.717, 1.165) is 19.3 Å². The van der Waals surface area contributed by atoms with Crippen LogP contribution in [0, 0.1) is 0 Å². The fraction of sp³-hybridized carbons (Fsp3) is 1.00. The van der Waals surface area contributed by atoms with Crippen molar-refractivity contribution in [2.75, 3.05) is 0 Å². The summed E-state index contributed by atoms with van der Waals surface area (Å²) in [5.74, 6) is 0. The van der Waals surface area contributed by atoms with Gasteiger partial charge < -0.3 is 13.3 Å². The molecule has 0 amide bonds. The molecule has 0 aromatic carbocycles. The zero-order chi connectivity index (χ0) is 15.3. The second-order valence-corrected chi connectivity index (χ2v) is 8.27. The number of rotatable bonds is 9. The lowest BCUT2D eigenvalue weighted by Crippen LogP contribution is -2.46. The van der Waals surface area contributed by atoms with Crippen molar-refractivity contribution in [3.63, 3.8) is 0 Å². The van der Waals surface area contributed by atoms with E-state index in [1.807, 2.05) is 0 Å². The molecular formula is C15H34O3Si. The van der Waals surface area contributed by atoms with Crippen molar-refractivity contribution in [1.29, 1.82) is 0 Å². The predicted molar refractivity (Wildman–Crippen MR) is 83.5 cm³/mol. The average molecular weight is 291 g/mol. The summed E-state index contributed by atoms with van der Waals surface area (Å²) in [5.41, 5.74) is -0.570.